The summed E-state index contributed by atoms with van der Waals surface area (Å²) in [4.78, 5) is 33.1. The Morgan fingerprint density at radius 3 is 2.30 bits per heavy atom. The third-order valence-corrected chi connectivity index (χ3v) is 3.86. The van der Waals surface area contributed by atoms with Gasteiger partial charge in [0.05, 0.1) is 7.11 Å². The summed E-state index contributed by atoms with van der Waals surface area (Å²) >= 11 is 0. The smallest absolute Gasteiger partial charge is 0.250 e. The Kier molecular flexibility index (Phi) is 3.65. The number of aryl methyl sites for hydroxylation is 1. The van der Waals surface area contributed by atoms with E-state index in [9.17, 15) is 9.59 Å². The number of carbonyl (C=O) groups excluding carboxylic acids is 2. The molecule has 0 aliphatic heterocycles. The van der Waals surface area contributed by atoms with Crippen molar-refractivity contribution in [1.29, 1.82) is 0 Å². The number of anilines is 1. The fourth-order valence-corrected chi connectivity index (χ4v) is 2.44. The summed E-state index contributed by atoms with van der Waals surface area (Å²) in [5.74, 6) is -0.919. The minimum Gasteiger partial charge on any atom is -0.491 e. The Morgan fingerprint density at radius 1 is 1.00 bits per heavy atom. The summed E-state index contributed by atoms with van der Waals surface area (Å²) in [5, 5.41) is 3.03. The quantitative estimate of drug-likeness (QED) is 0.938. The number of hydrogen-bond donors (Lipinski definition) is 1. The van der Waals surface area contributed by atoms with E-state index >= 15 is 0 Å². The first kappa shape index (κ1) is 14.9. The molecule has 0 amide bonds. The van der Waals surface area contributed by atoms with E-state index in [2.05, 4.69) is 15.3 Å². The van der Waals surface area contributed by atoms with Gasteiger partial charge in [-0.1, -0.05) is 12.1 Å². The van der Waals surface area contributed by atoms with Crippen molar-refractivity contribution in [2.24, 2.45) is 0 Å². The number of aromatic nitrogens is 2. The lowest BCUT2D eigenvalue weighted by atomic mass is 9.99. The largest absolute Gasteiger partial charge is 0.491 e. The Hall–Kier alpha value is -3.02. The third-order valence-electron chi connectivity index (χ3n) is 3.86. The first-order chi connectivity index (χ1) is 11.0. The van der Waals surface area contributed by atoms with Crippen LogP contribution in [0.2, 0.25) is 0 Å². The summed E-state index contributed by atoms with van der Waals surface area (Å²) in [6.45, 7) is 3.91. The average Bonchev–Trinajstić information content (AvgIpc) is 2.56. The molecule has 1 aromatic carbocycles. The standard InChI is InChI=1S/C17H15N3O3/c1-9-5-4-6-11(10(9)2)20-14-15(21)12-13(19-8-7-18-12)16(22)17(14)23-3/h4-8,20H,1-3H3. The third kappa shape index (κ3) is 2.38. The number of methoxy groups -OCH3 is 1. The van der Waals surface area contributed by atoms with E-state index in [1.54, 1.807) is 0 Å². The molecular formula is C17H15N3O3. The number of nitrogens with one attached hydrogen (secondary N) is 1. The van der Waals surface area contributed by atoms with Crippen molar-refractivity contribution in [3.63, 3.8) is 0 Å². The van der Waals surface area contributed by atoms with Crippen molar-refractivity contribution in [2.45, 2.75) is 13.8 Å². The number of hydrogen-bond acceptors (Lipinski definition) is 6. The minimum atomic E-state index is -0.456. The number of rotatable bonds is 3. The van der Waals surface area contributed by atoms with Crippen LogP contribution in [-0.4, -0.2) is 28.6 Å². The molecule has 0 radical (unpaired) electrons. The van der Waals surface area contributed by atoms with Crippen molar-refractivity contribution < 1.29 is 14.3 Å². The molecule has 0 atom stereocenters. The van der Waals surface area contributed by atoms with Crippen molar-refractivity contribution in [3.8, 4) is 0 Å². The van der Waals surface area contributed by atoms with Gasteiger partial charge in [-0.25, -0.2) is 9.97 Å². The van der Waals surface area contributed by atoms with Gasteiger partial charge in [0.2, 0.25) is 5.78 Å². The van der Waals surface area contributed by atoms with Crippen LogP contribution in [0.1, 0.15) is 32.1 Å². The lowest BCUT2D eigenvalue weighted by Crippen LogP contribution is -2.29. The van der Waals surface area contributed by atoms with Crippen LogP contribution < -0.4 is 5.32 Å². The monoisotopic (exact) mass is 309 g/mol. The molecule has 2 aromatic rings. The predicted octanol–water partition coefficient (Wildman–Crippen LogP) is 2.44. The van der Waals surface area contributed by atoms with Gasteiger partial charge in [0.1, 0.15) is 17.1 Å². The molecule has 1 aromatic heterocycles. The average molecular weight is 309 g/mol. The molecule has 1 N–H and O–H groups in total. The van der Waals surface area contributed by atoms with Crippen molar-refractivity contribution >= 4 is 17.3 Å². The van der Waals surface area contributed by atoms with Gasteiger partial charge < -0.3 is 10.1 Å². The van der Waals surface area contributed by atoms with Crippen molar-refractivity contribution in [1.82, 2.24) is 9.97 Å². The van der Waals surface area contributed by atoms with E-state index in [1.807, 2.05) is 32.0 Å². The molecule has 0 saturated heterocycles. The van der Waals surface area contributed by atoms with Gasteiger partial charge in [-0.2, -0.15) is 0 Å². The minimum absolute atomic E-state index is 0.0147. The Morgan fingerprint density at radius 2 is 1.65 bits per heavy atom. The van der Waals surface area contributed by atoms with E-state index in [0.29, 0.717) is 0 Å². The van der Waals surface area contributed by atoms with Crippen LogP contribution >= 0.6 is 0 Å². The van der Waals surface area contributed by atoms with Crippen LogP contribution in [-0.2, 0) is 4.74 Å². The van der Waals surface area contributed by atoms with E-state index in [-0.39, 0.29) is 22.8 Å². The fraction of sp³-hybridized carbons (Fsp3) is 0.176. The number of fused-ring (bicyclic) bond motifs is 1. The molecule has 23 heavy (non-hydrogen) atoms. The summed E-state index contributed by atoms with van der Waals surface area (Å²) in [6.07, 6.45) is 2.76. The highest BCUT2D eigenvalue weighted by Crippen LogP contribution is 2.27. The molecule has 3 rings (SSSR count). The lowest BCUT2D eigenvalue weighted by Gasteiger charge is -2.20. The number of benzene rings is 1. The maximum atomic E-state index is 12.7. The molecule has 6 heteroatoms. The molecule has 1 aliphatic rings. The van der Waals surface area contributed by atoms with Crippen molar-refractivity contribution in [3.05, 3.63) is 64.6 Å². The van der Waals surface area contributed by atoms with Gasteiger partial charge in [0, 0.05) is 18.1 Å². The number of nitrogens with zero attached hydrogens (tertiary/aromatic N) is 2. The van der Waals surface area contributed by atoms with Crippen LogP contribution in [0.3, 0.4) is 0 Å². The number of allylic oxidation sites excluding steroid dienone is 2. The molecule has 0 fully saturated rings. The second-order valence-electron chi connectivity index (χ2n) is 5.19. The number of Topliss-reactive ketones (excluding diaryl/α,β-unsaturated/α-hetero) is 2. The van der Waals surface area contributed by atoms with E-state index < -0.39 is 11.6 Å². The number of ether oxygens (including phenoxy) is 1. The van der Waals surface area contributed by atoms with Crippen LogP contribution in [0, 0.1) is 13.8 Å². The maximum Gasteiger partial charge on any atom is 0.250 e. The fourth-order valence-electron chi connectivity index (χ4n) is 2.44. The van der Waals surface area contributed by atoms with Gasteiger partial charge in [-0.05, 0) is 31.0 Å². The second-order valence-corrected chi connectivity index (χ2v) is 5.19. The molecule has 6 nitrogen and oxygen atoms in total. The number of carbonyl (C=O) groups is 2. The molecule has 1 aliphatic carbocycles. The summed E-state index contributed by atoms with van der Waals surface area (Å²) < 4.78 is 5.16. The summed E-state index contributed by atoms with van der Waals surface area (Å²) in [5.41, 5.74) is 2.93. The van der Waals surface area contributed by atoms with Gasteiger partial charge in [-0.15, -0.1) is 0 Å². The first-order valence-electron chi connectivity index (χ1n) is 7.06. The van der Waals surface area contributed by atoms with E-state index in [4.69, 9.17) is 4.74 Å². The molecule has 0 saturated carbocycles. The molecule has 0 bridgehead atoms. The van der Waals surface area contributed by atoms with Gasteiger partial charge in [0.25, 0.3) is 5.78 Å². The van der Waals surface area contributed by atoms with E-state index in [1.165, 1.54) is 19.5 Å². The summed E-state index contributed by atoms with van der Waals surface area (Å²) in [6, 6.07) is 5.69. The Balaban J connectivity index is 2.11. The van der Waals surface area contributed by atoms with E-state index in [0.717, 1.165) is 16.8 Å². The Bertz CT molecular complexity index is 856. The Labute approximate surface area is 133 Å². The maximum absolute atomic E-state index is 12.7. The van der Waals surface area contributed by atoms with Gasteiger partial charge in [-0.3, -0.25) is 9.59 Å². The van der Waals surface area contributed by atoms with Crippen LogP contribution in [0.25, 0.3) is 0 Å². The molecule has 116 valence electrons. The zero-order chi connectivity index (χ0) is 16.6. The lowest BCUT2D eigenvalue weighted by molar-refractivity contribution is 0.0899. The second kappa shape index (κ2) is 5.64. The van der Waals surface area contributed by atoms with Gasteiger partial charge in [0.15, 0.2) is 5.76 Å². The normalized spacial score (nSPS) is 13.9. The van der Waals surface area contributed by atoms with Crippen LogP contribution in [0.15, 0.2) is 42.0 Å². The number of ketones is 2. The van der Waals surface area contributed by atoms with Crippen LogP contribution in [0.5, 0.6) is 0 Å². The zero-order valence-electron chi connectivity index (χ0n) is 13.0. The molecule has 1 heterocycles. The summed E-state index contributed by atoms with van der Waals surface area (Å²) in [7, 11) is 1.35. The predicted molar refractivity (Wildman–Crippen MR) is 84.3 cm³/mol. The SMILES string of the molecule is COC1=C(Nc2cccc(C)c2C)C(=O)c2nccnc2C1=O. The first-order valence-corrected chi connectivity index (χ1v) is 7.06. The topological polar surface area (TPSA) is 81.2 Å². The molecule has 0 spiro atoms. The molecular weight excluding hydrogens is 294 g/mol. The van der Waals surface area contributed by atoms with Crippen molar-refractivity contribution in [2.75, 3.05) is 12.4 Å². The highest BCUT2D eigenvalue weighted by atomic mass is 16.5. The van der Waals surface area contributed by atoms with Crippen LogP contribution in [0.4, 0.5) is 5.69 Å². The highest BCUT2D eigenvalue weighted by Gasteiger charge is 2.36. The van der Waals surface area contributed by atoms with Gasteiger partial charge >= 0.3 is 0 Å². The zero-order valence-corrected chi connectivity index (χ0v) is 13.0. The highest BCUT2D eigenvalue weighted by molar-refractivity contribution is 6.25. The molecule has 0 unspecified atom stereocenters.